The van der Waals surface area contributed by atoms with Gasteiger partial charge in [0.1, 0.15) is 5.75 Å². The summed E-state index contributed by atoms with van der Waals surface area (Å²) in [7, 11) is 4.04. The van der Waals surface area contributed by atoms with Crippen molar-refractivity contribution in [3.8, 4) is 5.75 Å². The third-order valence-corrected chi connectivity index (χ3v) is 3.15. The number of pyridine rings is 1. The van der Waals surface area contributed by atoms with Crippen LogP contribution in [0.1, 0.15) is 16.8 Å². The van der Waals surface area contributed by atoms with Gasteiger partial charge < -0.3 is 14.9 Å². The Hall–Kier alpha value is -1.62. The Morgan fingerprint density at radius 1 is 1.53 bits per heavy atom. The lowest BCUT2D eigenvalue weighted by atomic mass is 10.2. The lowest BCUT2D eigenvalue weighted by Gasteiger charge is -2.20. The van der Waals surface area contributed by atoms with Gasteiger partial charge in [-0.1, -0.05) is 0 Å². The maximum Gasteiger partial charge on any atom is 0.255 e. The molecule has 0 spiro atoms. The van der Waals surface area contributed by atoms with Gasteiger partial charge in [-0.15, -0.1) is 0 Å². The van der Waals surface area contributed by atoms with E-state index in [4.69, 9.17) is 0 Å². The van der Waals surface area contributed by atoms with Crippen LogP contribution >= 0.6 is 0 Å². The highest BCUT2D eigenvalue weighted by Crippen LogP contribution is 2.17. The first-order chi connectivity index (χ1) is 8.08. The normalized spacial score (nSPS) is 19.9. The zero-order chi connectivity index (χ0) is 12.4. The molecule has 1 N–H and O–H groups in total. The number of hydrogen-bond acceptors (Lipinski definition) is 4. The van der Waals surface area contributed by atoms with Crippen LogP contribution in [0.2, 0.25) is 0 Å². The van der Waals surface area contributed by atoms with Crippen molar-refractivity contribution in [3.63, 3.8) is 0 Å². The molecule has 1 atom stereocenters. The van der Waals surface area contributed by atoms with Crippen LogP contribution in [0.5, 0.6) is 5.75 Å². The van der Waals surface area contributed by atoms with Gasteiger partial charge in [0.25, 0.3) is 5.91 Å². The van der Waals surface area contributed by atoms with Crippen molar-refractivity contribution in [2.75, 3.05) is 27.2 Å². The number of carbonyl (C=O) groups excluding carboxylic acids is 1. The van der Waals surface area contributed by atoms with Crippen LogP contribution < -0.4 is 0 Å². The maximum atomic E-state index is 12.1. The summed E-state index contributed by atoms with van der Waals surface area (Å²) in [6.07, 6.45) is 3.80. The molecule has 1 aliphatic rings. The number of aromatic hydroxyl groups is 1. The van der Waals surface area contributed by atoms with Crippen molar-refractivity contribution in [1.29, 1.82) is 0 Å². The van der Waals surface area contributed by atoms with Gasteiger partial charge in [-0.25, -0.2) is 0 Å². The Labute approximate surface area is 101 Å². The molecule has 17 heavy (non-hydrogen) atoms. The second kappa shape index (κ2) is 4.71. The molecule has 5 heteroatoms. The fraction of sp³-hybridized carbons (Fsp3) is 0.500. The number of nitrogens with zero attached hydrogens (tertiary/aromatic N) is 3. The summed E-state index contributed by atoms with van der Waals surface area (Å²) >= 11 is 0. The molecule has 0 saturated carbocycles. The third-order valence-electron chi connectivity index (χ3n) is 3.15. The van der Waals surface area contributed by atoms with Crippen LogP contribution in [0, 0.1) is 0 Å². The maximum absolute atomic E-state index is 12.1. The number of likely N-dealkylation sites (tertiary alicyclic amines) is 1. The van der Waals surface area contributed by atoms with Gasteiger partial charge in [0.2, 0.25) is 0 Å². The predicted octanol–water partition coefficient (Wildman–Crippen LogP) is 0.563. The van der Waals surface area contributed by atoms with E-state index in [2.05, 4.69) is 9.88 Å². The van der Waals surface area contributed by atoms with Crippen molar-refractivity contribution in [3.05, 3.63) is 24.0 Å². The fourth-order valence-corrected chi connectivity index (χ4v) is 2.08. The van der Waals surface area contributed by atoms with Gasteiger partial charge in [-0.2, -0.15) is 0 Å². The van der Waals surface area contributed by atoms with Crippen LogP contribution in [-0.2, 0) is 0 Å². The number of rotatable bonds is 2. The standard InChI is InChI=1S/C12H17N3O2/c1-14(2)10-3-4-15(8-10)12(17)9-5-11(16)7-13-6-9/h5-7,10,16H,3-4,8H2,1-2H3. The van der Waals surface area contributed by atoms with Crippen LogP contribution in [0.15, 0.2) is 18.5 Å². The van der Waals surface area contributed by atoms with Gasteiger partial charge in [-0.05, 0) is 26.6 Å². The molecule has 0 radical (unpaired) electrons. The van der Waals surface area contributed by atoms with Crippen molar-refractivity contribution in [2.45, 2.75) is 12.5 Å². The Balaban J connectivity index is 2.07. The number of aromatic nitrogens is 1. The van der Waals surface area contributed by atoms with E-state index in [-0.39, 0.29) is 11.7 Å². The average molecular weight is 235 g/mol. The summed E-state index contributed by atoms with van der Waals surface area (Å²) in [5, 5.41) is 9.30. The third kappa shape index (κ3) is 2.55. The summed E-state index contributed by atoms with van der Waals surface area (Å²) < 4.78 is 0. The smallest absolute Gasteiger partial charge is 0.255 e. The molecule has 1 aliphatic heterocycles. The molecule has 92 valence electrons. The predicted molar refractivity (Wildman–Crippen MR) is 63.9 cm³/mol. The summed E-state index contributed by atoms with van der Waals surface area (Å²) in [6, 6.07) is 1.88. The number of hydrogen-bond donors (Lipinski definition) is 1. The van der Waals surface area contributed by atoms with Crippen LogP contribution in [0.25, 0.3) is 0 Å². The highest BCUT2D eigenvalue weighted by molar-refractivity contribution is 5.94. The summed E-state index contributed by atoms with van der Waals surface area (Å²) in [6.45, 7) is 1.50. The second-order valence-corrected chi connectivity index (χ2v) is 4.59. The highest BCUT2D eigenvalue weighted by atomic mass is 16.3. The van der Waals surface area contributed by atoms with Gasteiger partial charge >= 0.3 is 0 Å². The summed E-state index contributed by atoms with van der Waals surface area (Å²) in [5.74, 6) is -0.0306. The zero-order valence-corrected chi connectivity index (χ0v) is 10.1. The Morgan fingerprint density at radius 2 is 2.29 bits per heavy atom. The van der Waals surface area contributed by atoms with Crippen molar-refractivity contribution in [1.82, 2.24) is 14.8 Å². The van der Waals surface area contributed by atoms with Crippen molar-refractivity contribution in [2.24, 2.45) is 0 Å². The van der Waals surface area contributed by atoms with E-state index < -0.39 is 0 Å². The highest BCUT2D eigenvalue weighted by Gasteiger charge is 2.28. The second-order valence-electron chi connectivity index (χ2n) is 4.59. The SMILES string of the molecule is CN(C)C1CCN(C(=O)c2cncc(O)c2)C1. The molecular weight excluding hydrogens is 218 g/mol. The molecule has 1 saturated heterocycles. The van der Waals surface area contributed by atoms with E-state index in [9.17, 15) is 9.90 Å². The molecule has 2 rings (SSSR count). The molecule has 2 heterocycles. The number of amides is 1. The van der Waals surface area contributed by atoms with E-state index in [1.807, 2.05) is 14.1 Å². The van der Waals surface area contributed by atoms with Gasteiger partial charge in [0, 0.05) is 25.3 Å². The van der Waals surface area contributed by atoms with Crippen molar-refractivity contribution < 1.29 is 9.90 Å². The Bertz CT molecular complexity index is 420. The van der Waals surface area contributed by atoms with E-state index >= 15 is 0 Å². The topological polar surface area (TPSA) is 56.7 Å². The molecule has 5 nitrogen and oxygen atoms in total. The van der Waals surface area contributed by atoms with E-state index in [1.54, 1.807) is 4.90 Å². The zero-order valence-electron chi connectivity index (χ0n) is 10.1. The number of likely N-dealkylation sites (N-methyl/N-ethyl adjacent to an activating group) is 1. The lowest BCUT2D eigenvalue weighted by molar-refractivity contribution is 0.0782. The summed E-state index contributed by atoms with van der Waals surface area (Å²) in [5.41, 5.74) is 0.449. The first kappa shape index (κ1) is 11.9. The molecule has 1 unspecified atom stereocenters. The van der Waals surface area contributed by atoms with Crippen LogP contribution in [0.4, 0.5) is 0 Å². The first-order valence-corrected chi connectivity index (χ1v) is 5.67. The quantitative estimate of drug-likeness (QED) is 0.814. The number of carbonyl (C=O) groups is 1. The first-order valence-electron chi connectivity index (χ1n) is 5.67. The summed E-state index contributed by atoms with van der Waals surface area (Å²) in [4.78, 5) is 19.9. The minimum absolute atomic E-state index is 0.0270. The van der Waals surface area contributed by atoms with Crippen LogP contribution in [-0.4, -0.2) is 59.0 Å². The largest absolute Gasteiger partial charge is 0.506 e. The molecule has 0 aromatic carbocycles. The van der Waals surface area contributed by atoms with Crippen LogP contribution in [0.3, 0.4) is 0 Å². The molecule has 1 fully saturated rings. The van der Waals surface area contributed by atoms with E-state index in [0.717, 1.165) is 19.5 Å². The monoisotopic (exact) mass is 235 g/mol. The molecule has 0 bridgehead atoms. The van der Waals surface area contributed by atoms with E-state index in [1.165, 1.54) is 18.5 Å². The van der Waals surface area contributed by atoms with Gasteiger partial charge in [0.15, 0.2) is 0 Å². The van der Waals surface area contributed by atoms with Gasteiger partial charge in [-0.3, -0.25) is 9.78 Å². The van der Waals surface area contributed by atoms with Gasteiger partial charge in [0.05, 0.1) is 11.8 Å². The Kier molecular flexibility index (Phi) is 3.28. The lowest BCUT2D eigenvalue weighted by Crippen LogP contribution is -2.34. The molecule has 0 aliphatic carbocycles. The minimum atomic E-state index is -0.0576. The minimum Gasteiger partial charge on any atom is -0.506 e. The van der Waals surface area contributed by atoms with Crippen molar-refractivity contribution >= 4 is 5.91 Å². The molecule has 1 aromatic rings. The average Bonchev–Trinajstić information content (AvgIpc) is 2.77. The molecule has 1 aromatic heterocycles. The molecular formula is C12H17N3O2. The Morgan fingerprint density at radius 3 is 2.88 bits per heavy atom. The van der Waals surface area contributed by atoms with E-state index in [0.29, 0.717) is 11.6 Å². The molecule has 1 amide bonds. The fourth-order valence-electron chi connectivity index (χ4n) is 2.08.